The summed E-state index contributed by atoms with van der Waals surface area (Å²) in [6.07, 6.45) is 0.208. The van der Waals surface area contributed by atoms with Gasteiger partial charge in [0.05, 0.1) is 0 Å². The first-order chi connectivity index (χ1) is 9.04. The van der Waals surface area contributed by atoms with Crippen LogP contribution < -0.4 is 0 Å². The van der Waals surface area contributed by atoms with Crippen molar-refractivity contribution in [3.63, 3.8) is 0 Å². The number of carbonyl (C=O) groups is 1. The SMILES string of the molecule is O=C(Cc1ccc(O)cc1)Cc1cc(Cl)ccc1F. The van der Waals surface area contributed by atoms with Gasteiger partial charge in [0.15, 0.2) is 0 Å². The van der Waals surface area contributed by atoms with E-state index in [1.807, 2.05) is 0 Å². The molecule has 0 saturated carbocycles. The minimum Gasteiger partial charge on any atom is -0.508 e. The second kappa shape index (κ2) is 5.85. The zero-order valence-corrected chi connectivity index (χ0v) is 10.8. The molecule has 0 atom stereocenters. The number of phenolic OH excluding ortho intramolecular Hbond substituents is 1. The van der Waals surface area contributed by atoms with Gasteiger partial charge >= 0.3 is 0 Å². The molecule has 2 aromatic rings. The van der Waals surface area contributed by atoms with Crippen LogP contribution in [0.4, 0.5) is 4.39 Å². The molecule has 0 aliphatic rings. The Labute approximate surface area is 115 Å². The fourth-order valence-corrected chi connectivity index (χ4v) is 1.99. The highest BCUT2D eigenvalue weighted by molar-refractivity contribution is 6.30. The molecule has 0 amide bonds. The Morgan fingerprint density at radius 1 is 1.11 bits per heavy atom. The van der Waals surface area contributed by atoms with E-state index in [0.717, 1.165) is 5.56 Å². The van der Waals surface area contributed by atoms with E-state index in [9.17, 15) is 9.18 Å². The molecule has 19 heavy (non-hydrogen) atoms. The monoisotopic (exact) mass is 278 g/mol. The summed E-state index contributed by atoms with van der Waals surface area (Å²) in [6, 6.07) is 10.5. The summed E-state index contributed by atoms with van der Waals surface area (Å²) in [5.74, 6) is -0.382. The summed E-state index contributed by atoms with van der Waals surface area (Å²) in [4.78, 5) is 11.9. The van der Waals surface area contributed by atoms with Gasteiger partial charge in [-0.1, -0.05) is 23.7 Å². The van der Waals surface area contributed by atoms with E-state index < -0.39 is 5.82 Å². The average Bonchev–Trinajstić information content (AvgIpc) is 2.37. The lowest BCUT2D eigenvalue weighted by Crippen LogP contribution is -2.07. The number of phenols is 1. The van der Waals surface area contributed by atoms with Gasteiger partial charge in [-0.05, 0) is 41.5 Å². The van der Waals surface area contributed by atoms with Crippen LogP contribution in [0.3, 0.4) is 0 Å². The minimum atomic E-state index is -0.427. The molecule has 1 N–H and O–H groups in total. The van der Waals surface area contributed by atoms with Crippen molar-refractivity contribution in [2.75, 3.05) is 0 Å². The van der Waals surface area contributed by atoms with Gasteiger partial charge < -0.3 is 5.11 Å². The number of halogens is 2. The van der Waals surface area contributed by atoms with Crippen LogP contribution in [-0.4, -0.2) is 10.9 Å². The highest BCUT2D eigenvalue weighted by Gasteiger charge is 2.10. The summed E-state index contributed by atoms with van der Waals surface area (Å²) in [5.41, 5.74) is 1.08. The van der Waals surface area contributed by atoms with E-state index in [1.165, 1.54) is 30.3 Å². The maximum Gasteiger partial charge on any atom is 0.141 e. The van der Waals surface area contributed by atoms with E-state index >= 15 is 0 Å². The first-order valence-electron chi connectivity index (χ1n) is 5.78. The number of rotatable bonds is 4. The lowest BCUT2D eigenvalue weighted by atomic mass is 10.0. The third kappa shape index (κ3) is 3.80. The largest absolute Gasteiger partial charge is 0.508 e. The van der Waals surface area contributed by atoms with E-state index in [0.29, 0.717) is 10.6 Å². The molecule has 0 heterocycles. The fraction of sp³-hybridized carbons (Fsp3) is 0.133. The Bertz CT molecular complexity index is 594. The summed E-state index contributed by atoms with van der Waals surface area (Å²) in [6.45, 7) is 0. The third-order valence-electron chi connectivity index (χ3n) is 2.73. The van der Waals surface area contributed by atoms with Crippen molar-refractivity contribution in [2.45, 2.75) is 12.8 Å². The molecule has 0 radical (unpaired) electrons. The molecule has 0 aromatic heterocycles. The summed E-state index contributed by atoms with van der Waals surface area (Å²) in [7, 11) is 0. The number of ketones is 1. The number of aromatic hydroxyl groups is 1. The van der Waals surface area contributed by atoms with E-state index in [2.05, 4.69) is 0 Å². The summed E-state index contributed by atoms with van der Waals surface area (Å²) in [5, 5.41) is 9.55. The minimum absolute atomic E-state index is 0.00721. The summed E-state index contributed by atoms with van der Waals surface area (Å²) >= 11 is 5.77. The highest BCUT2D eigenvalue weighted by Crippen LogP contribution is 2.17. The number of hydrogen-bond donors (Lipinski definition) is 1. The van der Waals surface area contributed by atoms with Gasteiger partial charge in [0, 0.05) is 17.9 Å². The van der Waals surface area contributed by atoms with Crippen molar-refractivity contribution in [3.8, 4) is 5.75 Å². The standard InChI is InChI=1S/C15H12ClFO2/c16-12-3-6-15(17)11(8-12)9-14(19)7-10-1-4-13(18)5-2-10/h1-6,8,18H,7,9H2. The van der Waals surface area contributed by atoms with Gasteiger partial charge in [-0.2, -0.15) is 0 Å². The van der Waals surface area contributed by atoms with Gasteiger partial charge in [-0.25, -0.2) is 4.39 Å². The van der Waals surface area contributed by atoms with Crippen LogP contribution in [-0.2, 0) is 17.6 Å². The van der Waals surface area contributed by atoms with Crippen LogP contribution in [0.25, 0.3) is 0 Å². The Morgan fingerprint density at radius 2 is 1.79 bits per heavy atom. The molecule has 0 unspecified atom stereocenters. The lowest BCUT2D eigenvalue weighted by molar-refractivity contribution is -0.117. The van der Waals surface area contributed by atoms with Crippen LogP contribution in [0.15, 0.2) is 42.5 Å². The van der Waals surface area contributed by atoms with Gasteiger partial charge in [-0.3, -0.25) is 4.79 Å². The van der Waals surface area contributed by atoms with Crippen molar-refractivity contribution in [1.82, 2.24) is 0 Å². The van der Waals surface area contributed by atoms with E-state index in [-0.39, 0.29) is 24.4 Å². The molecule has 0 bridgehead atoms. The van der Waals surface area contributed by atoms with Crippen LogP contribution in [0, 0.1) is 5.82 Å². The second-order valence-corrected chi connectivity index (χ2v) is 4.73. The Balaban J connectivity index is 2.05. The molecular formula is C15H12ClFO2. The predicted molar refractivity (Wildman–Crippen MR) is 71.9 cm³/mol. The normalized spacial score (nSPS) is 10.4. The van der Waals surface area contributed by atoms with Gasteiger partial charge in [0.25, 0.3) is 0 Å². The van der Waals surface area contributed by atoms with E-state index in [4.69, 9.17) is 16.7 Å². The van der Waals surface area contributed by atoms with Crippen LogP contribution in [0.5, 0.6) is 5.75 Å². The maximum atomic E-state index is 13.5. The van der Waals surface area contributed by atoms with Crippen molar-refractivity contribution in [3.05, 3.63) is 64.4 Å². The zero-order valence-electron chi connectivity index (χ0n) is 10.1. The molecule has 0 fully saturated rings. The van der Waals surface area contributed by atoms with Gasteiger partial charge in [-0.15, -0.1) is 0 Å². The molecule has 0 aliphatic carbocycles. The quantitative estimate of drug-likeness (QED) is 0.929. The van der Waals surface area contributed by atoms with Crippen LogP contribution >= 0.6 is 11.6 Å². The maximum absolute atomic E-state index is 13.5. The topological polar surface area (TPSA) is 37.3 Å². The van der Waals surface area contributed by atoms with Crippen molar-refractivity contribution in [2.24, 2.45) is 0 Å². The average molecular weight is 279 g/mol. The highest BCUT2D eigenvalue weighted by atomic mass is 35.5. The first kappa shape index (κ1) is 13.6. The van der Waals surface area contributed by atoms with Crippen LogP contribution in [0.2, 0.25) is 5.02 Å². The van der Waals surface area contributed by atoms with Gasteiger partial charge in [0.1, 0.15) is 17.3 Å². The van der Waals surface area contributed by atoms with Gasteiger partial charge in [0.2, 0.25) is 0 Å². The lowest BCUT2D eigenvalue weighted by Gasteiger charge is -2.04. The second-order valence-electron chi connectivity index (χ2n) is 4.29. The number of benzene rings is 2. The Kier molecular flexibility index (Phi) is 4.17. The van der Waals surface area contributed by atoms with Crippen molar-refractivity contribution < 1.29 is 14.3 Å². The Hall–Kier alpha value is -1.87. The number of carbonyl (C=O) groups excluding carboxylic acids is 1. The van der Waals surface area contributed by atoms with E-state index in [1.54, 1.807) is 12.1 Å². The van der Waals surface area contributed by atoms with Crippen molar-refractivity contribution >= 4 is 17.4 Å². The predicted octanol–water partition coefficient (Wildman–Crippen LogP) is 3.54. The molecule has 2 aromatic carbocycles. The summed E-state index contributed by atoms with van der Waals surface area (Å²) < 4.78 is 13.5. The number of Topliss-reactive ketones (excluding diaryl/α,β-unsaturated/α-hetero) is 1. The molecule has 0 spiro atoms. The smallest absolute Gasteiger partial charge is 0.141 e. The molecule has 98 valence electrons. The van der Waals surface area contributed by atoms with Crippen molar-refractivity contribution in [1.29, 1.82) is 0 Å². The molecule has 0 aliphatic heterocycles. The van der Waals surface area contributed by atoms with Crippen LogP contribution in [0.1, 0.15) is 11.1 Å². The molecular weight excluding hydrogens is 267 g/mol. The molecule has 4 heteroatoms. The fourth-order valence-electron chi connectivity index (χ4n) is 1.80. The molecule has 2 nitrogen and oxygen atoms in total. The number of hydrogen-bond acceptors (Lipinski definition) is 2. The molecule has 2 rings (SSSR count). The molecule has 0 saturated heterocycles. The Morgan fingerprint density at radius 3 is 2.47 bits per heavy atom. The zero-order chi connectivity index (χ0) is 13.8. The third-order valence-corrected chi connectivity index (χ3v) is 2.97. The first-order valence-corrected chi connectivity index (χ1v) is 6.16.